The van der Waals surface area contributed by atoms with Gasteiger partial charge in [-0.15, -0.1) is 0 Å². The summed E-state index contributed by atoms with van der Waals surface area (Å²) in [5.41, 5.74) is 2.89. The van der Waals surface area contributed by atoms with Crippen molar-refractivity contribution in [3.8, 4) is 0 Å². The van der Waals surface area contributed by atoms with Crippen LogP contribution in [0.25, 0.3) is 17.0 Å². The number of nitrogens with one attached hydrogen (secondary N) is 3. The van der Waals surface area contributed by atoms with Gasteiger partial charge in [0.2, 0.25) is 11.8 Å². The summed E-state index contributed by atoms with van der Waals surface area (Å²) in [6.45, 7) is 23.9. The highest BCUT2D eigenvalue weighted by Gasteiger charge is 2.52. The van der Waals surface area contributed by atoms with E-state index in [4.69, 9.17) is 14.1 Å². The number of carbonyl (C=O) groups is 4. The molecule has 1 unspecified atom stereocenters. The molecular weight excluding hydrogens is 651 g/mol. The van der Waals surface area contributed by atoms with Gasteiger partial charge < -0.3 is 19.8 Å². The Morgan fingerprint density at radius 1 is 1.02 bits per heavy atom. The largest absolute Gasteiger partial charge is 0.455 e. The monoisotopic (exact) mass is 707 g/mol. The van der Waals surface area contributed by atoms with Crippen molar-refractivity contribution in [1.29, 1.82) is 0 Å². The highest BCUT2D eigenvalue weighted by atomic mass is 28.4. The number of pyridine rings is 1. The van der Waals surface area contributed by atoms with Crippen molar-refractivity contribution >= 4 is 49.0 Å². The van der Waals surface area contributed by atoms with Crippen LogP contribution in [0.5, 0.6) is 0 Å². The number of esters is 1. The summed E-state index contributed by atoms with van der Waals surface area (Å²) in [5.74, 6) is -2.03. The highest BCUT2D eigenvalue weighted by molar-refractivity contribution is 6.74. The highest BCUT2D eigenvalue weighted by Crippen LogP contribution is 2.45. The van der Waals surface area contributed by atoms with E-state index in [0.29, 0.717) is 30.6 Å². The van der Waals surface area contributed by atoms with Crippen LogP contribution in [0.15, 0.2) is 36.4 Å². The summed E-state index contributed by atoms with van der Waals surface area (Å²) in [6.07, 6.45) is 4.18. The second-order valence-electron chi connectivity index (χ2n) is 16.4. The van der Waals surface area contributed by atoms with Gasteiger partial charge in [-0.25, -0.2) is 10.4 Å². The number of nitrogens with zero attached hydrogens (tertiary/aromatic N) is 2. The molecule has 1 fully saturated rings. The molecule has 1 saturated heterocycles. The maximum atomic E-state index is 14.6. The third-order valence-corrected chi connectivity index (χ3v) is 15.4. The van der Waals surface area contributed by atoms with Crippen LogP contribution >= 0.6 is 0 Å². The first-order valence-corrected chi connectivity index (χ1v) is 20.7. The molecule has 0 spiro atoms. The van der Waals surface area contributed by atoms with Crippen LogP contribution in [-0.4, -0.2) is 72.3 Å². The minimum Gasteiger partial charge on any atom is -0.455 e. The molecule has 1 aromatic heterocycles. The average molecular weight is 708 g/mol. The van der Waals surface area contributed by atoms with Crippen LogP contribution in [-0.2, 0) is 28.3 Å². The molecule has 5 bridgehead atoms. The number of cyclic esters (lactones) is 1. The summed E-state index contributed by atoms with van der Waals surface area (Å²) in [7, 11) is -2.38. The van der Waals surface area contributed by atoms with E-state index in [1.165, 1.54) is 5.01 Å². The Balaban J connectivity index is 1.84. The number of hydrazine groups is 1. The standard InChI is InChI=1S/C38H57N5O6Si/c1-23(2)31-32(44)39-24(3)33(45)43-21-13-14-29(42-43)34(46)48-25(4)28-18-17-27-16-15-26(22-30(27)40-28)19-20-38(10,35(47)41-31)37(8,9)49-50(11,12)36(5,6)7/h15-20,22-25,29,31,42H,13-14,21H2,1-12H3,(H,39,44)(H,41,47)/b20-19+/t24-,25+,29-,31-,38?/m0/s1. The number of hydrogen-bond acceptors (Lipinski definition) is 8. The van der Waals surface area contributed by atoms with Crippen LogP contribution in [0.3, 0.4) is 0 Å². The Hall–Kier alpha value is -3.61. The zero-order valence-electron chi connectivity index (χ0n) is 31.9. The van der Waals surface area contributed by atoms with Crippen molar-refractivity contribution in [2.75, 3.05) is 6.54 Å². The van der Waals surface area contributed by atoms with E-state index < -0.39 is 61.3 Å². The zero-order chi connectivity index (χ0) is 37.4. The maximum absolute atomic E-state index is 14.6. The molecule has 3 amide bonds. The average Bonchev–Trinajstić information content (AvgIpc) is 3.03. The summed E-state index contributed by atoms with van der Waals surface area (Å²) in [4.78, 5) is 60.0. The molecule has 2 aromatic rings. The van der Waals surface area contributed by atoms with Crippen LogP contribution in [0.4, 0.5) is 0 Å². The van der Waals surface area contributed by atoms with E-state index in [9.17, 15) is 19.2 Å². The number of hydrogen-bond donors (Lipinski definition) is 3. The Kier molecular flexibility index (Phi) is 11.4. The van der Waals surface area contributed by atoms with Gasteiger partial charge in [0.15, 0.2) is 8.32 Å². The lowest BCUT2D eigenvalue weighted by Crippen LogP contribution is -2.63. The molecule has 50 heavy (non-hydrogen) atoms. The van der Waals surface area contributed by atoms with E-state index in [-0.39, 0.29) is 16.9 Å². The minimum absolute atomic E-state index is 0.119. The van der Waals surface area contributed by atoms with Crippen molar-refractivity contribution in [3.05, 3.63) is 47.7 Å². The van der Waals surface area contributed by atoms with Crippen LogP contribution in [0.2, 0.25) is 18.1 Å². The molecule has 4 rings (SSSR count). The molecule has 1 aromatic carbocycles. The number of fused-ring (bicyclic) bond motifs is 4. The van der Waals surface area contributed by atoms with Gasteiger partial charge in [-0.3, -0.25) is 24.2 Å². The Labute approximate surface area is 298 Å². The smallest absolute Gasteiger partial charge is 0.325 e. The molecule has 12 heteroatoms. The summed E-state index contributed by atoms with van der Waals surface area (Å²) < 4.78 is 12.8. The third kappa shape index (κ3) is 8.29. The van der Waals surface area contributed by atoms with Gasteiger partial charge in [-0.05, 0) is 89.2 Å². The van der Waals surface area contributed by atoms with Crippen LogP contribution in [0, 0.1) is 11.3 Å². The molecule has 2 aliphatic heterocycles. The Morgan fingerprint density at radius 3 is 2.32 bits per heavy atom. The van der Waals surface area contributed by atoms with Gasteiger partial charge in [0, 0.05) is 11.9 Å². The predicted molar refractivity (Wildman–Crippen MR) is 198 cm³/mol. The molecule has 274 valence electrons. The van der Waals surface area contributed by atoms with E-state index in [0.717, 1.165) is 10.9 Å². The first kappa shape index (κ1) is 39.2. The quantitative estimate of drug-likeness (QED) is 0.267. The van der Waals surface area contributed by atoms with Crippen molar-refractivity contribution in [2.45, 2.75) is 130 Å². The molecule has 0 saturated carbocycles. The lowest BCUT2D eigenvalue weighted by molar-refractivity contribution is -0.157. The number of amides is 3. The SMILES string of the molecule is CC(C)[C@@H]1NC(=O)C(C)(C(C)(C)O[Si](C)(C)C(C)(C)C)/C=C/c2ccc3ccc(nc3c2)[C@@H](C)OC(=O)[C@@H]2CCCN(N2)C(=O)[C@H](C)NC1=O. The number of aromatic nitrogens is 1. The Bertz CT molecular complexity index is 1650. The fourth-order valence-electron chi connectivity index (χ4n) is 6.05. The van der Waals surface area contributed by atoms with Crippen molar-refractivity contribution < 1.29 is 28.3 Å². The summed E-state index contributed by atoms with van der Waals surface area (Å²) in [6, 6.07) is 7.04. The van der Waals surface area contributed by atoms with Gasteiger partial charge in [0.1, 0.15) is 24.2 Å². The van der Waals surface area contributed by atoms with Crippen molar-refractivity contribution in [2.24, 2.45) is 11.3 Å². The van der Waals surface area contributed by atoms with E-state index in [2.05, 4.69) is 49.9 Å². The molecule has 2 aliphatic rings. The fourth-order valence-corrected chi connectivity index (χ4v) is 7.84. The fraction of sp³-hybridized carbons (Fsp3) is 0.605. The molecular formula is C38H57N5O6Si. The number of ether oxygens (including phenoxy) is 1. The van der Waals surface area contributed by atoms with Gasteiger partial charge >= 0.3 is 5.97 Å². The van der Waals surface area contributed by atoms with Gasteiger partial charge in [-0.1, -0.05) is 65.0 Å². The normalized spacial score (nSPS) is 27.2. The Morgan fingerprint density at radius 2 is 1.68 bits per heavy atom. The summed E-state index contributed by atoms with van der Waals surface area (Å²) in [5, 5.41) is 8.01. The molecule has 11 nitrogen and oxygen atoms in total. The van der Waals surface area contributed by atoms with Crippen molar-refractivity contribution in [3.63, 3.8) is 0 Å². The molecule has 3 heterocycles. The van der Waals surface area contributed by atoms with Gasteiger partial charge in [0.05, 0.1) is 22.2 Å². The number of carbonyl (C=O) groups excluding carboxylic acids is 4. The van der Waals surface area contributed by atoms with Crippen LogP contribution in [0.1, 0.15) is 99.4 Å². The number of benzene rings is 1. The second kappa shape index (κ2) is 14.6. The second-order valence-corrected chi connectivity index (χ2v) is 21.1. The predicted octanol–water partition coefficient (Wildman–Crippen LogP) is 5.81. The minimum atomic E-state index is -2.38. The van der Waals surface area contributed by atoms with E-state index in [1.807, 2.05) is 77.1 Å². The third-order valence-electron chi connectivity index (χ3n) is 10.8. The summed E-state index contributed by atoms with van der Waals surface area (Å²) >= 11 is 0. The lowest BCUT2D eigenvalue weighted by atomic mass is 9.73. The molecule has 0 radical (unpaired) electrons. The number of rotatable bonds is 4. The first-order valence-electron chi connectivity index (χ1n) is 17.8. The zero-order valence-corrected chi connectivity index (χ0v) is 32.9. The van der Waals surface area contributed by atoms with Crippen LogP contribution < -0.4 is 16.1 Å². The van der Waals surface area contributed by atoms with Crippen molar-refractivity contribution in [1.82, 2.24) is 26.1 Å². The molecule has 3 N–H and O–H groups in total. The molecule has 5 atom stereocenters. The lowest BCUT2D eigenvalue weighted by Gasteiger charge is -2.49. The topological polar surface area (TPSA) is 139 Å². The van der Waals surface area contributed by atoms with E-state index >= 15 is 0 Å². The van der Waals surface area contributed by atoms with E-state index in [1.54, 1.807) is 13.8 Å². The van der Waals surface area contributed by atoms with Gasteiger partial charge in [-0.2, -0.15) is 0 Å². The first-order chi connectivity index (χ1) is 23.1. The van der Waals surface area contributed by atoms with Gasteiger partial charge in [0.25, 0.3) is 5.91 Å². The molecule has 0 aliphatic carbocycles. The maximum Gasteiger partial charge on any atom is 0.325 e.